The van der Waals surface area contributed by atoms with Crippen molar-refractivity contribution >= 4 is 15.9 Å². The number of fused-ring (bicyclic) bond motifs is 1. The third kappa shape index (κ3) is 1.61. The van der Waals surface area contributed by atoms with Gasteiger partial charge in [0.1, 0.15) is 4.60 Å². The van der Waals surface area contributed by atoms with Crippen molar-refractivity contribution < 1.29 is 4.74 Å². The van der Waals surface area contributed by atoms with Crippen LogP contribution in [0, 0.1) is 0 Å². The van der Waals surface area contributed by atoms with Gasteiger partial charge in [-0.2, -0.15) is 5.10 Å². The topological polar surface area (TPSA) is 30.3 Å². The van der Waals surface area contributed by atoms with Crippen LogP contribution in [0.4, 0.5) is 0 Å². The van der Waals surface area contributed by atoms with E-state index in [1.165, 1.54) is 11.3 Å². The molecular weight excluding hydrogens is 270 g/mol. The maximum absolute atomic E-state index is 5.25. The molecular formula is C11H16BrN3O. The highest BCUT2D eigenvalue weighted by Gasteiger charge is 2.29. The quantitative estimate of drug-likeness (QED) is 0.827. The summed E-state index contributed by atoms with van der Waals surface area (Å²) in [5.74, 6) is 0. The molecule has 0 N–H and O–H groups in total. The van der Waals surface area contributed by atoms with Gasteiger partial charge in [0, 0.05) is 30.8 Å². The van der Waals surface area contributed by atoms with Gasteiger partial charge in [-0.05, 0) is 22.5 Å². The summed E-state index contributed by atoms with van der Waals surface area (Å²) in [6.07, 6.45) is 1.11. The molecule has 3 heterocycles. The average Bonchev–Trinajstić information content (AvgIpc) is 2.54. The van der Waals surface area contributed by atoms with Crippen molar-refractivity contribution in [1.82, 2.24) is 14.7 Å². The Balaban J connectivity index is 1.93. The van der Waals surface area contributed by atoms with Crippen molar-refractivity contribution in [2.45, 2.75) is 25.9 Å². The second-order valence-electron chi connectivity index (χ2n) is 4.47. The smallest absolute Gasteiger partial charge is 0.132 e. The molecule has 0 bridgehead atoms. The van der Waals surface area contributed by atoms with Crippen LogP contribution in [0.25, 0.3) is 0 Å². The minimum atomic E-state index is 0.466. The van der Waals surface area contributed by atoms with E-state index in [2.05, 4.69) is 37.5 Å². The highest BCUT2D eigenvalue weighted by molar-refractivity contribution is 9.10. The number of nitrogens with zero attached hydrogens (tertiary/aromatic N) is 3. The summed E-state index contributed by atoms with van der Waals surface area (Å²) >= 11 is 3.58. The SMILES string of the molecule is CCN1CCc2c(c(Br)nn2C2COC2)C1. The number of rotatable bonds is 2. The van der Waals surface area contributed by atoms with Crippen LogP contribution in [0.15, 0.2) is 4.60 Å². The molecule has 0 aliphatic carbocycles. The second kappa shape index (κ2) is 4.13. The minimum Gasteiger partial charge on any atom is -0.377 e. The summed E-state index contributed by atoms with van der Waals surface area (Å²) in [5.41, 5.74) is 2.78. The van der Waals surface area contributed by atoms with Gasteiger partial charge < -0.3 is 4.74 Å². The molecule has 0 spiro atoms. The zero-order valence-corrected chi connectivity index (χ0v) is 11.0. The molecule has 0 saturated carbocycles. The van der Waals surface area contributed by atoms with E-state index in [-0.39, 0.29) is 0 Å². The Morgan fingerprint density at radius 1 is 1.50 bits per heavy atom. The van der Waals surface area contributed by atoms with Crippen LogP contribution in [0.5, 0.6) is 0 Å². The van der Waals surface area contributed by atoms with E-state index in [0.717, 1.165) is 43.9 Å². The Labute approximate surface area is 104 Å². The van der Waals surface area contributed by atoms with Gasteiger partial charge in [0.05, 0.1) is 19.3 Å². The third-order valence-electron chi connectivity index (χ3n) is 3.53. The van der Waals surface area contributed by atoms with Crippen LogP contribution in [0.3, 0.4) is 0 Å². The summed E-state index contributed by atoms with van der Waals surface area (Å²) in [6.45, 7) is 7.14. The van der Waals surface area contributed by atoms with E-state index in [1.807, 2.05) is 0 Å². The van der Waals surface area contributed by atoms with Crippen molar-refractivity contribution in [2.24, 2.45) is 0 Å². The number of aromatic nitrogens is 2. The molecule has 2 aliphatic rings. The van der Waals surface area contributed by atoms with Crippen LogP contribution < -0.4 is 0 Å². The fourth-order valence-electron chi connectivity index (χ4n) is 2.40. The summed E-state index contributed by atoms with van der Waals surface area (Å²) in [4.78, 5) is 2.45. The zero-order valence-electron chi connectivity index (χ0n) is 9.45. The van der Waals surface area contributed by atoms with E-state index in [9.17, 15) is 0 Å². The molecule has 4 nitrogen and oxygen atoms in total. The lowest BCUT2D eigenvalue weighted by Crippen LogP contribution is -2.35. The van der Waals surface area contributed by atoms with Crippen LogP contribution >= 0.6 is 15.9 Å². The molecule has 5 heteroatoms. The Bertz CT molecular complexity index is 400. The summed E-state index contributed by atoms with van der Waals surface area (Å²) in [6, 6.07) is 0.466. The van der Waals surface area contributed by atoms with E-state index >= 15 is 0 Å². The highest BCUT2D eigenvalue weighted by Crippen LogP contribution is 2.30. The molecule has 3 rings (SSSR count). The van der Waals surface area contributed by atoms with Crippen LogP contribution in [-0.4, -0.2) is 41.0 Å². The van der Waals surface area contributed by atoms with E-state index in [4.69, 9.17) is 4.74 Å². The van der Waals surface area contributed by atoms with E-state index < -0.39 is 0 Å². The molecule has 88 valence electrons. The molecule has 0 unspecified atom stereocenters. The third-order valence-corrected chi connectivity index (χ3v) is 4.17. The van der Waals surface area contributed by atoms with Gasteiger partial charge in [0.25, 0.3) is 0 Å². The molecule has 2 aliphatic heterocycles. The Kier molecular flexibility index (Phi) is 2.77. The van der Waals surface area contributed by atoms with Gasteiger partial charge in [-0.3, -0.25) is 9.58 Å². The van der Waals surface area contributed by atoms with Gasteiger partial charge in [0.2, 0.25) is 0 Å². The van der Waals surface area contributed by atoms with Crippen molar-refractivity contribution in [3.05, 3.63) is 15.9 Å². The number of hydrogen-bond donors (Lipinski definition) is 0. The van der Waals surface area contributed by atoms with Gasteiger partial charge in [-0.25, -0.2) is 0 Å². The fraction of sp³-hybridized carbons (Fsp3) is 0.727. The van der Waals surface area contributed by atoms with Crippen LogP contribution in [0.1, 0.15) is 24.2 Å². The largest absolute Gasteiger partial charge is 0.377 e. The van der Waals surface area contributed by atoms with Gasteiger partial charge >= 0.3 is 0 Å². The molecule has 0 atom stereocenters. The maximum Gasteiger partial charge on any atom is 0.132 e. The van der Waals surface area contributed by atoms with Crippen molar-refractivity contribution in [3.63, 3.8) is 0 Å². The summed E-state index contributed by atoms with van der Waals surface area (Å²) in [7, 11) is 0. The Morgan fingerprint density at radius 3 is 2.94 bits per heavy atom. The van der Waals surface area contributed by atoms with Crippen molar-refractivity contribution in [1.29, 1.82) is 0 Å². The highest BCUT2D eigenvalue weighted by atomic mass is 79.9. The molecule has 1 fully saturated rings. The first kappa shape index (κ1) is 10.7. The predicted molar refractivity (Wildman–Crippen MR) is 64.4 cm³/mol. The van der Waals surface area contributed by atoms with Crippen molar-refractivity contribution in [3.8, 4) is 0 Å². The first-order valence-corrected chi connectivity index (χ1v) is 6.64. The molecule has 1 saturated heterocycles. The molecule has 1 aromatic rings. The normalized spacial score (nSPS) is 21.9. The first-order valence-electron chi connectivity index (χ1n) is 5.85. The number of halogens is 1. The Hall–Kier alpha value is -0.390. The fourth-order valence-corrected chi connectivity index (χ4v) is 2.92. The predicted octanol–water partition coefficient (Wildman–Crippen LogP) is 1.59. The van der Waals surface area contributed by atoms with Gasteiger partial charge in [-0.1, -0.05) is 6.92 Å². The first-order chi connectivity index (χ1) is 7.79. The number of likely N-dealkylation sites (N-methyl/N-ethyl adjacent to an activating group) is 1. The zero-order chi connectivity index (χ0) is 11.1. The number of hydrogen-bond acceptors (Lipinski definition) is 3. The minimum absolute atomic E-state index is 0.466. The van der Waals surface area contributed by atoms with Gasteiger partial charge in [-0.15, -0.1) is 0 Å². The summed E-state index contributed by atoms with van der Waals surface area (Å²) < 4.78 is 8.44. The molecule has 1 aromatic heterocycles. The average molecular weight is 286 g/mol. The summed E-state index contributed by atoms with van der Waals surface area (Å²) in [5, 5.41) is 4.61. The lowest BCUT2D eigenvalue weighted by atomic mass is 10.1. The lowest BCUT2D eigenvalue weighted by Gasteiger charge is -2.31. The molecule has 0 radical (unpaired) electrons. The van der Waals surface area contributed by atoms with E-state index in [0.29, 0.717) is 6.04 Å². The standard InChI is InChI=1S/C11H16BrN3O/c1-2-14-4-3-10-9(5-14)11(12)13-15(10)8-6-16-7-8/h8H,2-7H2,1H3. The molecule has 0 aromatic carbocycles. The molecule has 0 amide bonds. The second-order valence-corrected chi connectivity index (χ2v) is 5.22. The lowest BCUT2D eigenvalue weighted by molar-refractivity contribution is -0.0302. The van der Waals surface area contributed by atoms with E-state index in [1.54, 1.807) is 0 Å². The number of ether oxygens (including phenoxy) is 1. The van der Waals surface area contributed by atoms with Crippen LogP contribution in [-0.2, 0) is 17.7 Å². The Morgan fingerprint density at radius 2 is 2.31 bits per heavy atom. The van der Waals surface area contributed by atoms with Gasteiger partial charge in [0.15, 0.2) is 0 Å². The van der Waals surface area contributed by atoms with Crippen molar-refractivity contribution in [2.75, 3.05) is 26.3 Å². The van der Waals surface area contributed by atoms with Crippen LogP contribution in [0.2, 0.25) is 0 Å². The maximum atomic E-state index is 5.25. The molecule has 16 heavy (non-hydrogen) atoms. The monoisotopic (exact) mass is 285 g/mol.